The Kier molecular flexibility index (Phi) is 7.56. The summed E-state index contributed by atoms with van der Waals surface area (Å²) in [6, 6.07) is 60.7. The lowest BCUT2D eigenvalue weighted by Gasteiger charge is -2.15. The van der Waals surface area contributed by atoms with Gasteiger partial charge in [0.05, 0.1) is 16.6 Å². The van der Waals surface area contributed by atoms with Crippen molar-refractivity contribution in [2.24, 2.45) is 0 Å². The summed E-state index contributed by atoms with van der Waals surface area (Å²) in [6.45, 7) is 6.75. The maximum atomic E-state index is 4.56. The number of fused-ring (bicyclic) bond motifs is 6. The van der Waals surface area contributed by atoms with Crippen molar-refractivity contribution in [1.29, 1.82) is 0 Å². The minimum atomic E-state index is 0.963. The Morgan fingerprint density at radius 2 is 1.16 bits per heavy atom. The second-order valence-corrected chi connectivity index (χ2v) is 13.2. The number of allylic oxidation sites excluding steroid dienone is 5. The molecular weight excluding hydrogens is 617 g/mol. The van der Waals surface area contributed by atoms with E-state index in [1.165, 1.54) is 60.2 Å². The van der Waals surface area contributed by atoms with Crippen molar-refractivity contribution < 1.29 is 0 Å². The summed E-state index contributed by atoms with van der Waals surface area (Å²) in [5, 5.41) is 6.10. The van der Waals surface area contributed by atoms with Crippen molar-refractivity contribution in [2.45, 2.75) is 6.92 Å². The summed E-state index contributed by atoms with van der Waals surface area (Å²) in [5.41, 5.74) is 12.7. The molecule has 0 amide bonds. The second kappa shape index (κ2) is 12.7. The van der Waals surface area contributed by atoms with Crippen molar-refractivity contribution >= 4 is 60.3 Å². The molecule has 0 saturated carbocycles. The van der Waals surface area contributed by atoms with Gasteiger partial charge in [-0.15, -0.1) is 0 Å². The smallest absolute Gasteiger partial charge is 0.0619 e. The zero-order valence-corrected chi connectivity index (χ0v) is 28.5. The topological polar surface area (TPSA) is 9.86 Å². The van der Waals surface area contributed by atoms with Crippen LogP contribution in [0.5, 0.6) is 0 Å². The van der Waals surface area contributed by atoms with Gasteiger partial charge in [-0.3, -0.25) is 0 Å². The molecule has 0 atom stereocenters. The predicted molar refractivity (Wildman–Crippen MR) is 219 cm³/mol. The van der Waals surface area contributed by atoms with Crippen LogP contribution in [0.1, 0.15) is 18.1 Å². The summed E-state index contributed by atoms with van der Waals surface area (Å²) in [6.07, 6.45) is 6.71. The highest BCUT2D eigenvalue weighted by molar-refractivity contribution is 6.23. The van der Waals surface area contributed by atoms with Crippen molar-refractivity contribution in [3.8, 4) is 16.8 Å². The molecule has 0 aliphatic rings. The van der Waals surface area contributed by atoms with Gasteiger partial charge >= 0.3 is 0 Å². The van der Waals surface area contributed by atoms with Gasteiger partial charge in [0.15, 0.2) is 0 Å². The minimum absolute atomic E-state index is 0.963. The first-order valence-electron chi connectivity index (χ1n) is 17.5. The fourth-order valence-electron chi connectivity index (χ4n) is 7.54. The third-order valence-corrected chi connectivity index (χ3v) is 10.0. The summed E-state index contributed by atoms with van der Waals surface area (Å²) < 4.78 is 4.71. The Morgan fingerprint density at radius 3 is 1.90 bits per heavy atom. The van der Waals surface area contributed by atoms with Crippen LogP contribution in [-0.4, -0.2) is 9.13 Å². The van der Waals surface area contributed by atoms with E-state index in [9.17, 15) is 0 Å². The molecule has 242 valence electrons. The first kappa shape index (κ1) is 30.4. The maximum Gasteiger partial charge on any atom is 0.0619 e. The van der Waals surface area contributed by atoms with Crippen molar-refractivity contribution in [3.63, 3.8) is 0 Å². The fourth-order valence-corrected chi connectivity index (χ4v) is 7.54. The standard InChI is InChI=1S/C49H36N2/c1-34(36-16-6-3-7-17-36)30-41(31-35(2)37-18-8-4-9-19-37)51-48-25-15-14-23-43(48)46-33-45(42-22-12-13-24-44(42)49(46)51)38-26-27-47-39(32-38)28-29-50(47)40-20-10-5-11-21-40/h3-33H,1H2,2H3/b35-31+,41-30+. The van der Waals surface area contributed by atoms with Gasteiger partial charge in [0.1, 0.15) is 0 Å². The van der Waals surface area contributed by atoms with Crippen molar-refractivity contribution in [2.75, 3.05) is 0 Å². The summed E-state index contributed by atoms with van der Waals surface area (Å²) in [4.78, 5) is 0. The molecule has 0 unspecified atom stereocenters. The molecule has 2 heteroatoms. The number of hydrogen-bond acceptors (Lipinski definition) is 0. The van der Waals surface area contributed by atoms with Crippen LogP contribution in [0.4, 0.5) is 0 Å². The zero-order chi connectivity index (χ0) is 34.3. The molecule has 7 aromatic carbocycles. The molecule has 0 aliphatic heterocycles. The fraction of sp³-hybridized carbons (Fsp3) is 0.0204. The van der Waals surface area contributed by atoms with Gasteiger partial charge < -0.3 is 9.13 Å². The summed E-state index contributed by atoms with van der Waals surface area (Å²) >= 11 is 0. The van der Waals surface area contributed by atoms with Gasteiger partial charge in [-0.25, -0.2) is 0 Å². The van der Waals surface area contributed by atoms with E-state index in [-0.39, 0.29) is 0 Å². The van der Waals surface area contributed by atoms with E-state index in [2.05, 4.69) is 205 Å². The molecule has 0 fully saturated rings. The SMILES string of the molecule is C=C(/C=C(\C=C(/C)c1ccccc1)n1c2ccccc2c2cc(-c3ccc4c(ccn4-c4ccccc4)c3)c3ccccc3c21)c1ccccc1. The predicted octanol–water partition coefficient (Wildman–Crippen LogP) is 13.2. The average molecular weight is 653 g/mol. The molecule has 51 heavy (non-hydrogen) atoms. The summed E-state index contributed by atoms with van der Waals surface area (Å²) in [5.74, 6) is 0. The lowest BCUT2D eigenvalue weighted by Crippen LogP contribution is -1.98. The molecule has 0 radical (unpaired) electrons. The van der Waals surface area contributed by atoms with E-state index in [0.717, 1.165) is 28.0 Å². The monoisotopic (exact) mass is 652 g/mol. The van der Waals surface area contributed by atoms with Crippen LogP contribution in [0, 0.1) is 0 Å². The van der Waals surface area contributed by atoms with Crippen LogP contribution in [-0.2, 0) is 0 Å². The number of nitrogens with zero attached hydrogens (tertiary/aromatic N) is 2. The normalized spacial score (nSPS) is 12.3. The highest BCUT2D eigenvalue weighted by atomic mass is 15.0. The largest absolute Gasteiger partial charge is 0.317 e. The molecule has 2 aromatic heterocycles. The Hall–Kier alpha value is -6.64. The highest BCUT2D eigenvalue weighted by Crippen LogP contribution is 2.42. The first-order chi connectivity index (χ1) is 25.1. The average Bonchev–Trinajstić information content (AvgIpc) is 3.77. The van der Waals surface area contributed by atoms with E-state index in [4.69, 9.17) is 0 Å². The second-order valence-electron chi connectivity index (χ2n) is 13.2. The number of benzene rings is 7. The molecule has 2 nitrogen and oxygen atoms in total. The molecule has 9 rings (SSSR count). The molecule has 0 spiro atoms. The van der Waals surface area contributed by atoms with Gasteiger partial charge in [-0.05, 0) is 100 Å². The van der Waals surface area contributed by atoms with Crippen LogP contribution in [0.25, 0.3) is 77.1 Å². The first-order valence-corrected chi connectivity index (χ1v) is 17.5. The van der Waals surface area contributed by atoms with E-state index >= 15 is 0 Å². The zero-order valence-electron chi connectivity index (χ0n) is 28.5. The highest BCUT2D eigenvalue weighted by Gasteiger charge is 2.19. The van der Waals surface area contributed by atoms with E-state index in [0.29, 0.717) is 0 Å². The van der Waals surface area contributed by atoms with Gasteiger partial charge in [0.2, 0.25) is 0 Å². The number of aromatic nitrogens is 2. The van der Waals surface area contributed by atoms with Gasteiger partial charge in [-0.2, -0.15) is 0 Å². The Bertz CT molecular complexity index is 2790. The number of para-hydroxylation sites is 2. The van der Waals surface area contributed by atoms with Gasteiger partial charge in [0, 0.05) is 39.1 Å². The molecule has 9 aromatic rings. The molecular formula is C49H36N2. The van der Waals surface area contributed by atoms with E-state index in [1.54, 1.807) is 0 Å². The van der Waals surface area contributed by atoms with Crippen LogP contribution in [0.3, 0.4) is 0 Å². The molecule has 0 saturated heterocycles. The number of hydrogen-bond donors (Lipinski definition) is 0. The summed E-state index contributed by atoms with van der Waals surface area (Å²) in [7, 11) is 0. The maximum absolute atomic E-state index is 4.56. The lowest BCUT2D eigenvalue weighted by molar-refractivity contribution is 1.13. The molecule has 0 N–H and O–H groups in total. The van der Waals surface area contributed by atoms with Crippen molar-refractivity contribution in [3.05, 3.63) is 206 Å². The van der Waals surface area contributed by atoms with Crippen LogP contribution >= 0.6 is 0 Å². The lowest BCUT2D eigenvalue weighted by atomic mass is 9.94. The van der Waals surface area contributed by atoms with Gasteiger partial charge in [0.25, 0.3) is 0 Å². The Labute approximate surface area is 298 Å². The van der Waals surface area contributed by atoms with Crippen molar-refractivity contribution in [1.82, 2.24) is 9.13 Å². The molecule has 2 heterocycles. The van der Waals surface area contributed by atoms with Crippen LogP contribution < -0.4 is 0 Å². The minimum Gasteiger partial charge on any atom is -0.317 e. The van der Waals surface area contributed by atoms with Crippen LogP contribution in [0.2, 0.25) is 0 Å². The third-order valence-electron chi connectivity index (χ3n) is 10.0. The van der Waals surface area contributed by atoms with E-state index < -0.39 is 0 Å². The molecule has 0 aliphatic carbocycles. The van der Waals surface area contributed by atoms with Gasteiger partial charge in [-0.1, -0.05) is 134 Å². The Balaban J connectivity index is 1.30. The van der Waals surface area contributed by atoms with Crippen LogP contribution in [0.15, 0.2) is 195 Å². The quantitative estimate of drug-likeness (QED) is 0.152. The molecule has 0 bridgehead atoms. The number of rotatable bonds is 7. The Morgan fingerprint density at radius 1 is 0.529 bits per heavy atom. The van der Waals surface area contributed by atoms with E-state index in [1.807, 2.05) is 6.07 Å². The third kappa shape index (κ3) is 5.39.